The summed E-state index contributed by atoms with van der Waals surface area (Å²) >= 11 is 6.26. The lowest BCUT2D eigenvalue weighted by atomic mass is 10.1. The van der Waals surface area contributed by atoms with Gasteiger partial charge in [-0.05, 0) is 42.5 Å². The molecule has 2 aliphatic heterocycles. The molecule has 31 heavy (non-hydrogen) atoms. The highest BCUT2D eigenvalue weighted by Crippen LogP contribution is 2.28. The van der Waals surface area contributed by atoms with Crippen LogP contribution in [0.2, 0.25) is 5.02 Å². The van der Waals surface area contributed by atoms with Crippen molar-refractivity contribution < 1.29 is 13.2 Å². The predicted octanol–water partition coefficient (Wildman–Crippen LogP) is 3.32. The van der Waals surface area contributed by atoms with Crippen molar-refractivity contribution >= 4 is 50.1 Å². The molecule has 1 aromatic heterocycles. The summed E-state index contributed by atoms with van der Waals surface area (Å²) in [5.41, 5.74) is 3.31. The number of hydrogen-bond donors (Lipinski definition) is 2. The highest BCUT2D eigenvalue weighted by atomic mass is 35.5. The highest BCUT2D eigenvalue weighted by molar-refractivity contribution is 7.90. The lowest BCUT2D eigenvalue weighted by molar-refractivity contribution is -0.112. The van der Waals surface area contributed by atoms with E-state index in [2.05, 4.69) is 19.7 Å². The molecule has 2 N–H and O–H groups in total. The Hall–Kier alpha value is -3.43. The van der Waals surface area contributed by atoms with Gasteiger partial charge in [-0.25, -0.2) is 13.4 Å². The fraction of sp³-hybridized carbons (Fsp3) is 0.0952. The van der Waals surface area contributed by atoms with Crippen LogP contribution in [0.4, 0.5) is 5.69 Å². The van der Waals surface area contributed by atoms with Crippen molar-refractivity contribution in [1.82, 2.24) is 14.9 Å². The fourth-order valence-corrected chi connectivity index (χ4v) is 4.60. The lowest BCUT2D eigenvalue weighted by Gasteiger charge is -2.26. The molecule has 0 fully saturated rings. The molecule has 1 amide bonds. The van der Waals surface area contributed by atoms with Gasteiger partial charge >= 0.3 is 0 Å². The molecule has 3 heterocycles. The summed E-state index contributed by atoms with van der Waals surface area (Å²) in [4.78, 5) is 22.2. The number of nitrogens with zero attached hydrogens (tertiary/aromatic N) is 3. The minimum absolute atomic E-state index is 0.0833. The number of amides is 1. The topological polar surface area (TPSA) is 108 Å². The molecule has 0 bridgehead atoms. The SMILES string of the molecule is O=C(Nc1ccc2nc(-c3ccccc3Cl)[nH]c2c1)C1=CN2CCS(=O)(=O)N=C2C=C1. The van der Waals surface area contributed by atoms with Crippen LogP contribution in [-0.2, 0) is 14.8 Å². The van der Waals surface area contributed by atoms with E-state index < -0.39 is 10.0 Å². The van der Waals surface area contributed by atoms with Crippen LogP contribution in [0.5, 0.6) is 0 Å². The average molecular weight is 454 g/mol. The Balaban J connectivity index is 1.37. The van der Waals surface area contributed by atoms with E-state index >= 15 is 0 Å². The Morgan fingerprint density at radius 2 is 2.00 bits per heavy atom. The number of imidazole rings is 1. The number of benzene rings is 2. The van der Waals surface area contributed by atoms with Crippen LogP contribution in [0.3, 0.4) is 0 Å². The molecule has 0 atom stereocenters. The van der Waals surface area contributed by atoms with Crippen LogP contribution in [0.1, 0.15) is 0 Å². The molecular weight excluding hydrogens is 438 g/mol. The van der Waals surface area contributed by atoms with Gasteiger partial charge in [0.25, 0.3) is 15.9 Å². The first-order valence-electron chi connectivity index (χ1n) is 9.43. The number of carbonyl (C=O) groups is 1. The molecule has 0 saturated carbocycles. The van der Waals surface area contributed by atoms with E-state index in [4.69, 9.17) is 11.6 Å². The number of aromatic amines is 1. The summed E-state index contributed by atoms with van der Waals surface area (Å²) in [5, 5.41) is 3.46. The van der Waals surface area contributed by atoms with Gasteiger partial charge in [-0.15, -0.1) is 4.40 Å². The largest absolute Gasteiger partial charge is 0.338 e. The van der Waals surface area contributed by atoms with Gasteiger partial charge in [0.15, 0.2) is 0 Å². The molecule has 0 saturated heterocycles. The van der Waals surface area contributed by atoms with Gasteiger partial charge < -0.3 is 15.2 Å². The van der Waals surface area contributed by atoms with Crippen LogP contribution in [0.15, 0.2) is 70.8 Å². The Labute approximate surface area is 183 Å². The smallest absolute Gasteiger partial charge is 0.257 e. The van der Waals surface area contributed by atoms with Crippen LogP contribution >= 0.6 is 11.6 Å². The maximum atomic E-state index is 12.7. The number of hydrogen-bond acceptors (Lipinski definition) is 5. The van der Waals surface area contributed by atoms with Gasteiger partial charge in [-0.2, -0.15) is 0 Å². The van der Waals surface area contributed by atoms with E-state index in [1.165, 1.54) is 6.08 Å². The highest BCUT2D eigenvalue weighted by Gasteiger charge is 2.25. The fourth-order valence-electron chi connectivity index (χ4n) is 3.41. The van der Waals surface area contributed by atoms with Crippen molar-refractivity contribution in [2.24, 2.45) is 4.40 Å². The molecule has 156 valence electrons. The number of amidine groups is 1. The summed E-state index contributed by atoms with van der Waals surface area (Å²) in [5.74, 6) is 0.566. The minimum atomic E-state index is -3.43. The molecule has 2 aliphatic rings. The summed E-state index contributed by atoms with van der Waals surface area (Å²) in [6.07, 6.45) is 4.68. The maximum absolute atomic E-state index is 12.7. The number of halogens is 1. The first-order chi connectivity index (χ1) is 14.9. The molecule has 0 unspecified atom stereocenters. The molecule has 0 aliphatic carbocycles. The molecule has 8 nitrogen and oxygen atoms in total. The molecule has 10 heteroatoms. The molecule has 0 radical (unpaired) electrons. The normalized spacial score (nSPS) is 17.1. The Bertz CT molecular complexity index is 1420. The second-order valence-electron chi connectivity index (χ2n) is 7.10. The maximum Gasteiger partial charge on any atom is 0.257 e. The number of H-pyrrole nitrogens is 1. The van der Waals surface area contributed by atoms with Crippen LogP contribution in [0.25, 0.3) is 22.4 Å². The van der Waals surface area contributed by atoms with Crippen LogP contribution in [0, 0.1) is 0 Å². The monoisotopic (exact) mass is 453 g/mol. The quantitative estimate of drug-likeness (QED) is 0.632. The zero-order chi connectivity index (χ0) is 21.6. The summed E-state index contributed by atoms with van der Waals surface area (Å²) in [6, 6.07) is 12.8. The minimum Gasteiger partial charge on any atom is -0.338 e. The van der Waals surface area contributed by atoms with Gasteiger partial charge in [0, 0.05) is 24.0 Å². The molecule has 3 aromatic rings. The lowest BCUT2D eigenvalue weighted by Crippen LogP contribution is -2.37. The summed E-state index contributed by atoms with van der Waals surface area (Å²) < 4.78 is 26.9. The zero-order valence-corrected chi connectivity index (χ0v) is 17.6. The van der Waals surface area contributed by atoms with Crippen molar-refractivity contribution in [2.45, 2.75) is 0 Å². The van der Waals surface area contributed by atoms with Gasteiger partial charge in [0.2, 0.25) is 0 Å². The average Bonchev–Trinajstić information content (AvgIpc) is 3.16. The van der Waals surface area contributed by atoms with Gasteiger partial charge in [-0.1, -0.05) is 23.7 Å². The number of rotatable bonds is 3. The molecule has 0 spiro atoms. The Kier molecular flexibility index (Phi) is 4.64. The van der Waals surface area contributed by atoms with Gasteiger partial charge in [0.1, 0.15) is 11.7 Å². The Morgan fingerprint density at radius 3 is 2.84 bits per heavy atom. The van der Waals surface area contributed by atoms with Gasteiger partial charge in [0.05, 0.1) is 27.4 Å². The number of fused-ring (bicyclic) bond motifs is 2. The van der Waals surface area contributed by atoms with Crippen molar-refractivity contribution in [3.05, 3.63) is 71.4 Å². The van der Waals surface area contributed by atoms with Crippen molar-refractivity contribution in [3.8, 4) is 11.4 Å². The third kappa shape index (κ3) is 3.85. The molecule has 2 aromatic carbocycles. The van der Waals surface area contributed by atoms with E-state index in [0.29, 0.717) is 27.9 Å². The van der Waals surface area contributed by atoms with E-state index in [1.54, 1.807) is 35.4 Å². The number of aromatic nitrogens is 2. The van der Waals surface area contributed by atoms with E-state index in [-0.39, 0.29) is 18.2 Å². The summed E-state index contributed by atoms with van der Waals surface area (Å²) in [7, 11) is -3.43. The second kappa shape index (κ2) is 7.36. The zero-order valence-electron chi connectivity index (χ0n) is 16.0. The van der Waals surface area contributed by atoms with Crippen molar-refractivity contribution in [3.63, 3.8) is 0 Å². The van der Waals surface area contributed by atoms with E-state index in [1.807, 2.05) is 24.3 Å². The first-order valence-corrected chi connectivity index (χ1v) is 11.4. The summed E-state index contributed by atoms with van der Waals surface area (Å²) in [6.45, 7) is 0.257. The third-order valence-corrected chi connectivity index (χ3v) is 6.45. The van der Waals surface area contributed by atoms with Crippen LogP contribution in [-0.4, -0.2) is 47.3 Å². The van der Waals surface area contributed by atoms with Gasteiger partial charge in [-0.3, -0.25) is 4.79 Å². The number of carbonyl (C=O) groups excluding carboxylic acids is 1. The Morgan fingerprint density at radius 1 is 1.16 bits per heavy atom. The van der Waals surface area contributed by atoms with E-state index in [0.717, 1.165) is 16.6 Å². The second-order valence-corrected chi connectivity index (χ2v) is 9.26. The van der Waals surface area contributed by atoms with E-state index in [9.17, 15) is 13.2 Å². The number of anilines is 1. The first kappa shape index (κ1) is 19.5. The van der Waals surface area contributed by atoms with Crippen molar-refractivity contribution in [2.75, 3.05) is 17.6 Å². The standard InChI is InChI=1S/C21H16ClN5O3S/c22-16-4-2-1-3-15(16)20-24-17-7-6-14(11-18(17)25-20)23-21(28)13-5-8-19-26-31(29,30)10-9-27(19)12-13/h1-8,11-12H,9-10H2,(H,23,28)(H,24,25). The number of sulfonamides is 1. The number of nitrogens with one attached hydrogen (secondary N) is 2. The van der Waals surface area contributed by atoms with Crippen molar-refractivity contribution in [1.29, 1.82) is 0 Å². The third-order valence-electron chi connectivity index (χ3n) is 4.95. The predicted molar refractivity (Wildman–Crippen MR) is 120 cm³/mol. The van der Waals surface area contributed by atoms with Crippen LogP contribution < -0.4 is 5.32 Å². The molecule has 5 rings (SSSR count). The molecular formula is C21H16ClN5O3S.